The van der Waals surface area contributed by atoms with Gasteiger partial charge in [0.05, 0.1) is 38.1 Å². The summed E-state index contributed by atoms with van der Waals surface area (Å²) >= 11 is 11.9. The van der Waals surface area contributed by atoms with E-state index in [1.54, 1.807) is 18.2 Å². The Kier molecular flexibility index (Phi) is 4.67. The lowest BCUT2D eigenvalue weighted by Gasteiger charge is -2.14. The zero-order chi connectivity index (χ0) is 17.1. The summed E-state index contributed by atoms with van der Waals surface area (Å²) in [5, 5.41) is 29.5. The van der Waals surface area contributed by atoms with Crippen LogP contribution in [0.3, 0.4) is 0 Å². The van der Waals surface area contributed by atoms with Gasteiger partial charge in [0.25, 0.3) is 0 Å². The van der Waals surface area contributed by atoms with Gasteiger partial charge in [-0.3, -0.25) is 0 Å². The van der Waals surface area contributed by atoms with Gasteiger partial charge in [0, 0.05) is 6.07 Å². The molecule has 0 aliphatic heterocycles. The zero-order valence-corrected chi connectivity index (χ0v) is 12.6. The molecule has 2 aromatic carbocycles. The smallest absolute Gasteiger partial charge is 0.149 e. The summed E-state index contributed by atoms with van der Waals surface area (Å²) in [6, 6.07) is 7.90. The lowest BCUT2D eigenvalue weighted by atomic mass is 10.0. The molecule has 8 heteroatoms. The molecule has 0 aromatic heterocycles. The van der Waals surface area contributed by atoms with Crippen LogP contribution in [0.5, 0.6) is 0 Å². The monoisotopic (exact) mass is 348 g/mol. The van der Waals surface area contributed by atoms with Crippen LogP contribution in [-0.4, -0.2) is 0 Å². The predicted octanol–water partition coefficient (Wildman–Crippen LogP) is 4.63. The first-order chi connectivity index (χ1) is 10.9. The Labute approximate surface area is 139 Å². The molecule has 0 radical (unpaired) electrons. The molecule has 0 amide bonds. The third-order valence-corrected chi connectivity index (χ3v) is 3.66. The zero-order valence-electron chi connectivity index (χ0n) is 11.1. The summed E-state index contributed by atoms with van der Waals surface area (Å²) in [5.41, 5.74) is -1.06. The molecule has 0 unspecified atom stereocenters. The number of halogens is 4. The van der Waals surface area contributed by atoms with Crippen LogP contribution in [0.4, 0.5) is 20.2 Å². The Balaban J connectivity index is 2.75. The largest absolute Gasteiger partial charge is 0.351 e. The first-order valence-electron chi connectivity index (χ1n) is 5.91. The Morgan fingerprint density at radius 2 is 1.39 bits per heavy atom. The third kappa shape index (κ3) is 2.89. The number of hydrogen-bond donors (Lipinski definition) is 1. The van der Waals surface area contributed by atoms with Crippen molar-refractivity contribution in [3.8, 4) is 18.2 Å². The molecule has 0 aliphatic rings. The fraction of sp³-hybridized carbons (Fsp3) is 0. The lowest BCUT2D eigenvalue weighted by Crippen LogP contribution is -2.03. The highest BCUT2D eigenvalue weighted by atomic mass is 35.5. The Hall–Kier alpha value is -2.85. The molecule has 0 atom stereocenters. The van der Waals surface area contributed by atoms with Gasteiger partial charge >= 0.3 is 0 Å². The molecule has 2 rings (SSSR count). The van der Waals surface area contributed by atoms with E-state index in [0.29, 0.717) is 6.07 Å². The number of hydrogen-bond acceptors (Lipinski definition) is 4. The molecule has 112 valence electrons. The topological polar surface area (TPSA) is 83.4 Å². The highest BCUT2D eigenvalue weighted by molar-refractivity contribution is 6.39. The molecule has 23 heavy (non-hydrogen) atoms. The molecule has 0 aliphatic carbocycles. The van der Waals surface area contributed by atoms with E-state index in [2.05, 4.69) is 5.32 Å². The highest BCUT2D eigenvalue weighted by Gasteiger charge is 2.23. The van der Waals surface area contributed by atoms with Gasteiger partial charge in [-0.1, -0.05) is 23.2 Å². The minimum absolute atomic E-state index is 0.158. The third-order valence-electron chi connectivity index (χ3n) is 2.90. The first kappa shape index (κ1) is 16.5. The van der Waals surface area contributed by atoms with Gasteiger partial charge in [-0.15, -0.1) is 0 Å². The summed E-state index contributed by atoms with van der Waals surface area (Å²) in [6.45, 7) is 0. The summed E-state index contributed by atoms with van der Waals surface area (Å²) in [5.74, 6) is -1.72. The van der Waals surface area contributed by atoms with E-state index < -0.39 is 11.6 Å². The van der Waals surface area contributed by atoms with Crippen LogP contribution in [-0.2, 0) is 0 Å². The standard InChI is InChI=1S/C15H4Cl2F2N4/c16-13-8(4-20)14(17)10(6-22)15(9(13)5-21)23-12-2-1-7(18)3-11(12)19/h1-3,23H. The number of nitriles is 3. The quantitative estimate of drug-likeness (QED) is 0.857. The summed E-state index contributed by atoms with van der Waals surface area (Å²) in [4.78, 5) is 0. The van der Waals surface area contributed by atoms with Crippen LogP contribution in [0.25, 0.3) is 0 Å². The van der Waals surface area contributed by atoms with E-state index in [0.717, 1.165) is 12.1 Å². The molecule has 2 aromatic rings. The highest BCUT2D eigenvalue weighted by Crippen LogP contribution is 2.39. The molecule has 0 saturated carbocycles. The van der Waals surface area contributed by atoms with Gasteiger partial charge in [-0.05, 0) is 12.1 Å². The maximum atomic E-state index is 13.8. The van der Waals surface area contributed by atoms with Crippen molar-refractivity contribution < 1.29 is 8.78 Å². The van der Waals surface area contributed by atoms with Crippen molar-refractivity contribution >= 4 is 34.6 Å². The van der Waals surface area contributed by atoms with E-state index in [-0.39, 0.29) is 38.1 Å². The van der Waals surface area contributed by atoms with Gasteiger partial charge in [-0.25, -0.2) is 8.78 Å². The second-order valence-electron chi connectivity index (χ2n) is 4.21. The minimum atomic E-state index is -0.936. The van der Waals surface area contributed by atoms with Crippen LogP contribution in [0, 0.1) is 45.6 Å². The molecular weight excluding hydrogens is 345 g/mol. The summed E-state index contributed by atoms with van der Waals surface area (Å²) in [7, 11) is 0. The fourth-order valence-electron chi connectivity index (χ4n) is 1.85. The van der Waals surface area contributed by atoms with Crippen molar-refractivity contribution in [2.45, 2.75) is 0 Å². The van der Waals surface area contributed by atoms with Crippen molar-refractivity contribution in [3.05, 3.63) is 56.6 Å². The average molecular weight is 349 g/mol. The van der Waals surface area contributed by atoms with E-state index in [9.17, 15) is 19.3 Å². The molecular formula is C15H4Cl2F2N4. The lowest BCUT2D eigenvalue weighted by molar-refractivity contribution is 0.586. The minimum Gasteiger partial charge on any atom is -0.351 e. The van der Waals surface area contributed by atoms with Crippen LogP contribution < -0.4 is 5.32 Å². The Morgan fingerprint density at radius 1 is 0.870 bits per heavy atom. The molecule has 0 fully saturated rings. The summed E-state index contributed by atoms with van der Waals surface area (Å²) in [6.07, 6.45) is 0. The fourth-order valence-corrected chi connectivity index (χ4v) is 2.44. The molecule has 0 bridgehead atoms. The molecule has 1 N–H and O–H groups in total. The number of benzene rings is 2. The van der Waals surface area contributed by atoms with Crippen molar-refractivity contribution in [2.75, 3.05) is 5.32 Å². The van der Waals surface area contributed by atoms with E-state index >= 15 is 0 Å². The maximum absolute atomic E-state index is 13.8. The number of nitrogens with zero attached hydrogens (tertiary/aromatic N) is 3. The second-order valence-corrected chi connectivity index (χ2v) is 4.97. The van der Waals surface area contributed by atoms with Crippen molar-refractivity contribution in [2.24, 2.45) is 0 Å². The summed E-state index contributed by atoms with van der Waals surface area (Å²) < 4.78 is 26.7. The predicted molar refractivity (Wildman–Crippen MR) is 80.2 cm³/mol. The van der Waals surface area contributed by atoms with Gasteiger partial charge in [0.2, 0.25) is 0 Å². The van der Waals surface area contributed by atoms with Gasteiger partial charge in [0.15, 0.2) is 0 Å². The van der Waals surface area contributed by atoms with Crippen LogP contribution in [0.1, 0.15) is 16.7 Å². The molecule has 0 saturated heterocycles. The van der Waals surface area contributed by atoms with Gasteiger partial charge in [0.1, 0.15) is 29.8 Å². The van der Waals surface area contributed by atoms with Crippen molar-refractivity contribution in [1.82, 2.24) is 0 Å². The molecule has 4 nitrogen and oxygen atoms in total. The maximum Gasteiger partial charge on any atom is 0.149 e. The van der Waals surface area contributed by atoms with E-state index in [4.69, 9.17) is 28.5 Å². The SMILES string of the molecule is N#Cc1c(Cl)c(C#N)c(Nc2ccc(F)cc2F)c(C#N)c1Cl. The van der Waals surface area contributed by atoms with Crippen LogP contribution in [0.15, 0.2) is 18.2 Å². The average Bonchev–Trinajstić information content (AvgIpc) is 2.51. The molecule has 0 spiro atoms. The van der Waals surface area contributed by atoms with Crippen LogP contribution >= 0.6 is 23.2 Å². The van der Waals surface area contributed by atoms with Gasteiger partial charge in [-0.2, -0.15) is 15.8 Å². The van der Waals surface area contributed by atoms with Crippen LogP contribution in [0.2, 0.25) is 10.0 Å². The van der Waals surface area contributed by atoms with Gasteiger partial charge < -0.3 is 5.32 Å². The number of rotatable bonds is 2. The number of anilines is 2. The van der Waals surface area contributed by atoms with E-state index in [1.165, 1.54) is 0 Å². The van der Waals surface area contributed by atoms with E-state index in [1.807, 2.05) is 0 Å². The van der Waals surface area contributed by atoms with Crippen molar-refractivity contribution in [1.29, 1.82) is 15.8 Å². The Morgan fingerprint density at radius 3 is 1.83 bits per heavy atom. The second kappa shape index (κ2) is 6.50. The number of nitrogens with one attached hydrogen (secondary N) is 1. The first-order valence-corrected chi connectivity index (χ1v) is 6.67. The Bertz CT molecular complexity index is 895. The normalized spacial score (nSPS) is 9.61. The van der Waals surface area contributed by atoms with Crippen molar-refractivity contribution in [3.63, 3.8) is 0 Å². The molecule has 0 heterocycles.